The Morgan fingerprint density at radius 2 is 0.587 bits per heavy atom. The Hall–Kier alpha value is -1.54. The summed E-state index contributed by atoms with van der Waals surface area (Å²) >= 11 is 0. The van der Waals surface area contributed by atoms with Crippen LogP contribution in [-0.4, -0.2) is 172 Å². The van der Waals surface area contributed by atoms with E-state index in [2.05, 4.69) is 16.0 Å². The molecule has 1 aromatic heterocycles. The molecule has 63 heavy (non-hydrogen) atoms. The SMILES string of the molecule is CCO[Si](CCCNCC(O)Cn1c(=O)n(CC(O)CNCCC[Si](OCC)(OCC)OCC)c(=O)n(CC(O)CNCCC[Si](OCC)(OCC)OCC)c1=O)(OCC)OCC. The second-order valence-corrected chi connectivity index (χ2v) is 22.7. The number of aliphatic hydroxyl groups is 3. The summed E-state index contributed by atoms with van der Waals surface area (Å²) in [4.78, 5) is 41.4. The third-order valence-electron chi connectivity index (χ3n) is 9.49. The largest absolute Gasteiger partial charge is 0.500 e. The molecule has 0 aromatic carbocycles. The van der Waals surface area contributed by atoms with Crippen LogP contribution in [0.2, 0.25) is 18.1 Å². The number of hydrogen-bond donors (Lipinski definition) is 6. The second kappa shape index (κ2) is 33.9. The Morgan fingerprint density at radius 1 is 0.397 bits per heavy atom. The minimum Gasteiger partial charge on any atom is -0.390 e. The van der Waals surface area contributed by atoms with E-state index in [9.17, 15) is 29.7 Å². The van der Waals surface area contributed by atoms with Crippen LogP contribution in [-0.2, 0) is 59.5 Å². The van der Waals surface area contributed by atoms with E-state index >= 15 is 0 Å². The zero-order valence-electron chi connectivity index (χ0n) is 39.8. The van der Waals surface area contributed by atoms with Crippen molar-refractivity contribution in [2.24, 2.45) is 0 Å². The number of nitrogens with one attached hydrogen (secondary N) is 3. The van der Waals surface area contributed by atoms with Gasteiger partial charge in [-0.25, -0.2) is 28.1 Å². The highest BCUT2D eigenvalue weighted by atomic mass is 28.4. The van der Waals surface area contributed by atoms with Crippen LogP contribution in [0.1, 0.15) is 81.6 Å². The number of nitrogens with zero attached hydrogens (tertiary/aromatic N) is 3. The molecule has 6 N–H and O–H groups in total. The van der Waals surface area contributed by atoms with Gasteiger partial charge in [0.1, 0.15) is 0 Å². The van der Waals surface area contributed by atoms with Crippen LogP contribution >= 0.6 is 0 Å². The molecule has 1 heterocycles. The van der Waals surface area contributed by atoms with Gasteiger partial charge in [-0.2, -0.15) is 0 Å². The van der Waals surface area contributed by atoms with Crippen molar-refractivity contribution in [1.82, 2.24) is 29.7 Å². The molecule has 0 aliphatic heterocycles. The normalized spacial score (nSPS) is 14.1. The fourth-order valence-electron chi connectivity index (χ4n) is 7.08. The zero-order chi connectivity index (χ0) is 47.2. The van der Waals surface area contributed by atoms with Crippen LogP contribution in [0.3, 0.4) is 0 Å². The van der Waals surface area contributed by atoms with E-state index in [-0.39, 0.29) is 19.6 Å². The van der Waals surface area contributed by atoms with Gasteiger partial charge >= 0.3 is 43.5 Å². The van der Waals surface area contributed by atoms with Gasteiger partial charge in [0.25, 0.3) is 0 Å². The van der Waals surface area contributed by atoms with Crippen molar-refractivity contribution in [2.75, 3.05) is 98.7 Å². The molecule has 24 heteroatoms. The summed E-state index contributed by atoms with van der Waals surface area (Å²) in [5, 5.41) is 42.6. The summed E-state index contributed by atoms with van der Waals surface area (Å²) in [6.07, 6.45) is -1.75. The number of aliphatic hydroxyl groups excluding tert-OH is 3. The number of hydrogen-bond acceptors (Lipinski definition) is 18. The van der Waals surface area contributed by atoms with Crippen molar-refractivity contribution in [1.29, 1.82) is 0 Å². The van der Waals surface area contributed by atoms with Crippen molar-refractivity contribution in [3.05, 3.63) is 31.5 Å². The van der Waals surface area contributed by atoms with E-state index < -0.39 is 81.4 Å². The van der Waals surface area contributed by atoms with Gasteiger partial charge in [-0.3, -0.25) is 0 Å². The summed E-state index contributed by atoms with van der Waals surface area (Å²) in [6, 6.07) is 1.67. The van der Waals surface area contributed by atoms with Gasteiger partial charge in [-0.15, -0.1) is 0 Å². The Balaban J connectivity index is 3.18. The molecule has 0 saturated heterocycles. The minimum absolute atomic E-state index is 0.0244. The molecule has 0 aliphatic rings. The van der Waals surface area contributed by atoms with Crippen LogP contribution in [0.25, 0.3) is 0 Å². The quantitative estimate of drug-likeness (QED) is 0.0382. The smallest absolute Gasteiger partial charge is 0.390 e. The molecule has 1 rings (SSSR count). The van der Waals surface area contributed by atoms with Gasteiger partial charge in [0.2, 0.25) is 0 Å². The van der Waals surface area contributed by atoms with Gasteiger partial charge in [0.15, 0.2) is 0 Å². The topological polar surface area (TPSA) is 246 Å². The summed E-state index contributed by atoms with van der Waals surface area (Å²) in [5.41, 5.74) is -2.96. The molecule has 0 spiro atoms. The first-order chi connectivity index (χ1) is 30.2. The molecule has 0 saturated carbocycles. The summed E-state index contributed by atoms with van der Waals surface area (Å²) in [5.74, 6) is 0. The second-order valence-electron chi connectivity index (χ2n) is 14.5. The first-order valence-corrected chi connectivity index (χ1v) is 28.9. The van der Waals surface area contributed by atoms with Crippen molar-refractivity contribution in [3.8, 4) is 0 Å². The fourth-order valence-corrected chi connectivity index (χ4v) is 14.9. The first-order valence-electron chi connectivity index (χ1n) is 23.1. The fraction of sp³-hybridized carbons (Fsp3) is 0.923. The third-order valence-corrected chi connectivity index (χ3v) is 18.9. The van der Waals surface area contributed by atoms with Crippen LogP contribution < -0.4 is 33.0 Å². The highest BCUT2D eigenvalue weighted by molar-refractivity contribution is 6.61. The molecular formula is C39H84N6O15Si3. The van der Waals surface area contributed by atoms with E-state index in [1.54, 1.807) is 0 Å². The van der Waals surface area contributed by atoms with Gasteiger partial charge in [0, 0.05) is 97.2 Å². The molecule has 0 fully saturated rings. The lowest BCUT2D eigenvalue weighted by molar-refractivity contribution is 0.0699. The standard InChI is InChI=1S/C39H84N6O15Si3/c1-10-52-61(53-11-2,54-12-3)25-19-22-40-28-34(46)31-43-37(49)44(32-35(47)29-41-23-20-26-62(55-13-4,56-14-5)57-15-6)39(51)45(38(43)50)33-36(48)30-42-24-21-27-63(58-16-7,59-17-8)60-18-9/h34-36,40-42,46-48H,10-33H2,1-9H3. The Labute approximate surface area is 378 Å². The van der Waals surface area contributed by atoms with Crippen LogP contribution in [0, 0.1) is 0 Å². The predicted octanol–water partition coefficient (Wildman–Crippen LogP) is 0.339. The van der Waals surface area contributed by atoms with Crippen LogP contribution in [0.5, 0.6) is 0 Å². The van der Waals surface area contributed by atoms with Crippen molar-refractivity contribution in [2.45, 2.75) is 138 Å². The lowest BCUT2D eigenvalue weighted by atomic mass is 10.3. The molecule has 0 amide bonds. The molecular weight excluding hydrogens is 877 g/mol. The summed E-state index contributed by atoms with van der Waals surface area (Å²) in [6.45, 7) is 21.2. The van der Waals surface area contributed by atoms with Crippen molar-refractivity contribution in [3.63, 3.8) is 0 Å². The monoisotopic (exact) mass is 961 g/mol. The first kappa shape index (κ1) is 59.5. The maximum absolute atomic E-state index is 13.8. The number of rotatable bonds is 42. The molecule has 3 atom stereocenters. The van der Waals surface area contributed by atoms with E-state index in [4.69, 9.17) is 39.8 Å². The third kappa shape index (κ3) is 21.8. The Morgan fingerprint density at radius 3 is 0.762 bits per heavy atom. The van der Waals surface area contributed by atoms with Gasteiger partial charge in [0.05, 0.1) is 37.9 Å². The van der Waals surface area contributed by atoms with E-state index in [0.29, 0.717) is 116 Å². The van der Waals surface area contributed by atoms with Crippen LogP contribution in [0.4, 0.5) is 0 Å². The van der Waals surface area contributed by atoms with E-state index in [1.165, 1.54) is 0 Å². The molecule has 0 radical (unpaired) electrons. The Kier molecular flexibility index (Phi) is 32.0. The lowest BCUT2D eigenvalue weighted by Gasteiger charge is -2.28. The average Bonchev–Trinajstić information content (AvgIpc) is 3.23. The van der Waals surface area contributed by atoms with Crippen LogP contribution in [0.15, 0.2) is 14.4 Å². The predicted molar refractivity (Wildman–Crippen MR) is 246 cm³/mol. The molecule has 0 aliphatic carbocycles. The van der Waals surface area contributed by atoms with Gasteiger partial charge in [-0.05, 0) is 101 Å². The maximum Gasteiger partial charge on any atom is 0.500 e. The molecule has 1 aromatic rings. The molecule has 0 bridgehead atoms. The Bertz CT molecular complexity index is 1260. The highest BCUT2D eigenvalue weighted by Gasteiger charge is 2.41. The maximum atomic E-state index is 13.8. The highest BCUT2D eigenvalue weighted by Crippen LogP contribution is 2.20. The molecule has 21 nitrogen and oxygen atoms in total. The summed E-state index contributed by atoms with van der Waals surface area (Å²) < 4.78 is 55.5. The van der Waals surface area contributed by atoms with Crippen molar-refractivity contribution >= 4 is 26.4 Å². The van der Waals surface area contributed by atoms with Gasteiger partial charge < -0.3 is 71.1 Å². The lowest BCUT2D eigenvalue weighted by Crippen LogP contribution is -2.58. The zero-order valence-corrected chi connectivity index (χ0v) is 42.8. The van der Waals surface area contributed by atoms with Crippen molar-refractivity contribution < 1.29 is 55.2 Å². The number of aromatic nitrogens is 3. The average molecular weight is 961 g/mol. The van der Waals surface area contributed by atoms with Gasteiger partial charge in [-0.1, -0.05) is 0 Å². The molecule has 372 valence electrons. The van der Waals surface area contributed by atoms with E-state index in [1.807, 2.05) is 62.3 Å². The van der Waals surface area contributed by atoms with E-state index in [0.717, 1.165) is 13.7 Å². The molecule has 3 unspecified atom stereocenters. The minimum atomic E-state index is -2.86. The summed E-state index contributed by atoms with van der Waals surface area (Å²) in [7, 11) is -8.57.